The maximum absolute atomic E-state index is 12.4. The fourth-order valence-electron chi connectivity index (χ4n) is 3.13. The van der Waals surface area contributed by atoms with Crippen LogP contribution in [0.1, 0.15) is 17.5 Å². The lowest BCUT2D eigenvalue weighted by atomic mass is 10.1. The number of para-hydroxylation sites is 1. The van der Waals surface area contributed by atoms with E-state index in [1.165, 1.54) is 11.1 Å². The molecule has 4 nitrogen and oxygen atoms in total. The molecule has 1 aliphatic rings. The third kappa shape index (κ3) is 4.28. The van der Waals surface area contributed by atoms with Gasteiger partial charge in [0.2, 0.25) is 11.8 Å². The highest BCUT2D eigenvalue weighted by atomic mass is 79.9. The van der Waals surface area contributed by atoms with Gasteiger partial charge in [-0.05, 0) is 47.0 Å². The molecule has 1 unspecified atom stereocenters. The molecule has 25 heavy (non-hydrogen) atoms. The Hall–Kier alpha value is -2.14. The number of hydrogen-bond donors (Lipinski definition) is 1. The van der Waals surface area contributed by atoms with Gasteiger partial charge in [0.25, 0.3) is 0 Å². The van der Waals surface area contributed by atoms with Crippen LogP contribution in [0.2, 0.25) is 0 Å². The number of aryl methyl sites for hydroxylation is 1. The number of anilines is 1. The minimum atomic E-state index is -0.294. The van der Waals surface area contributed by atoms with Crippen molar-refractivity contribution in [3.8, 4) is 0 Å². The van der Waals surface area contributed by atoms with Crippen LogP contribution in [0.25, 0.3) is 0 Å². The summed E-state index contributed by atoms with van der Waals surface area (Å²) in [7, 11) is 0. The van der Waals surface area contributed by atoms with Crippen LogP contribution in [-0.2, 0) is 16.0 Å². The van der Waals surface area contributed by atoms with E-state index in [4.69, 9.17) is 0 Å². The summed E-state index contributed by atoms with van der Waals surface area (Å²) in [6.45, 7) is 3.07. The van der Waals surface area contributed by atoms with Gasteiger partial charge >= 0.3 is 0 Å². The van der Waals surface area contributed by atoms with Crippen LogP contribution in [0, 0.1) is 12.8 Å². The number of halogens is 1. The molecule has 1 fully saturated rings. The third-order valence-electron chi connectivity index (χ3n) is 4.43. The molecule has 0 bridgehead atoms. The van der Waals surface area contributed by atoms with E-state index in [1.807, 2.05) is 30.3 Å². The predicted octanol–water partition coefficient (Wildman–Crippen LogP) is 3.47. The van der Waals surface area contributed by atoms with Crippen molar-refractivity contribution in [2.45, 2.75) is 19.8 Å². The van der Waals surface area contributed by atoms with Gasteiger partial charge in [-0.25, -0.2) is 0 Å². The third-order valence-corrected chi connectivity index (χ3v) is 5.11. The average molecular weight is 401 g/mol. The first kappa shape index (κ1) is 17.7. The molecule has 1 heterocycles. The van der Waals surface area contributed by atoms with E-state index in [9.17, 15) is 9.59 Å². The summed E-state index contributed by atoms with van der Waals surface area (Å²) in [5, 5.41) is 2.97. The molecule has 3 rings (SSSR count). The molecule has 0 spiro atoms. The molecule has 0 saturated carbocycles. The first-order valence-corrected chi connectivity index (χ1v) is 9.22. The summed E-state index contributed by atoms with van der Waals surface area (Å²) in [6, 6.07) is 15.9. The van der Waals surface area contributed by atoms with Gasteiger partial charge in [0.15, 0.2) is 0 Å². The van der Waals surface area contributed by atoms with Gasteiger partial charge in [0.05, 0.1) is 11.6 Å². The lowest BCUT2D eigenvalue weighted by molar-refractivity contribution is -0.126. The predicted molar refractivity (Wildman–Crippen MR) is 102 cm³/mol. The molecular formula is C20H21BrN2O2. The molecule has 2 aromatic rings. The summed E-state index contributed by atoms with van der Waals surface area (Å²) in [6.07, 6.45) is 1.06. The summed E-state index contributed by atoms with van der Waals surface area (Å²) in [4.78, 5) is 26.4. The molecule has 0 radical (unpaired) electrons. The Bertz CT molecular complexity index is 791. The van der Waals surface area contributed by atoms with Gasteiger partial charge in [0.1, 0.15) is 0 Å². The molecule has 130 valence electrons. The van der Waals surface area contributed by atoms with Crippen LogP contribution in [0.5, 0.6) is 0 Å². The Morgan fingerprint density at radius 3 is 2.80 bits per heavy atom. The number of benzene rings is 2. The second kappa shape index (κ2) is 7.83. The zero-order valence-electron chi connectivity index (χ0n) is 14.2. The highest BCUT2D eigenvalue weighted by Crippen LogP contribution is 2.31. The molecule has 2 amide bonds. The highest BCUT2D eigenvalue weighted by Gasteiger charge is 2.35. The summed E-state index contributed by atoms with van der Waals surface area (Å²) in [5.41, 5.74) is 3.24. The standard InChI is InChI=1S/C20H21BrN2O2/c1-14-5-4-6-15(11-14)9-10-22-20(25)16-12-19(24)23(13-16)18-8-3-2-7-17(18)21/h2-8,11,16H,9-10,12-13H2,1H3,(H,22,25). The van der Waals surface area contributed by atoms with Crippen LogP contribution in [0.3, 0.4) is 0 Å². The first-order valence-electron chi connectivity index (χ1n) is 8.43. The maximum Gasteiger partial charge on any atom is 0.227 e. The van der Waals surface area contributed by atoms with Crippen LogP contribution in [-0.4, -0.2) is 24.9 Å². The zero-order valence-corrected chi connectivity index (χ0v) is 15.8. The first-order chi connectivity index (χ1) is 12.0. The van der Waals surface area contributed by atoms with Crippen LogP contribution in [0.4, 0.5) is 5.69 Å². The van der Waals surface area contributed by atoms with E-state index in [0.29, 0.717) is 13.1 Å². The molecule has 5 heteroatoms. The van der Waals surface area contributed by atoms with Crippen molar-refractivity contribution in [1.29, 1.82) is 0 Å². The minimum Gasteiger partial charge on any atom is -0.355 e. The number of hydrogen-bond acceptors (Lipinski definition) is 2. The fourth-order valence-corrected chi connectivity index (χ4v) is 3.63. The number of carbonyl (C=O) groups excluding carboxylic acids is 2. The van der Waals surface area contributed by atoms with Crippen LogP contribution >= 0.6 is 15.9 Å². The molecule has 0 aliphatic carbocycles. The smallest absolute Gasteiger partial charge is 0.227 e. The summed E-state index contributed by atoms with van der Waals surface area (Å²) >= 11 is 3.47. The molecule has 1 aliphatic heterocycles. The Morgan fingerprint density at radius 1 is 1.24 bits per heavy atom. The van der Waals surface area contributed by atoms with E-state index >= 15 is 0 Å². The van der Waals surface area contributed by atoms with Gasteiger partial charge in [-0.2, -0.15) is 0 Å². The van der Waals surface area contributed by atoms with Gasteiger partial charge in [-0.1, -0.05) is 42.0 Å². The van der Waals surface area contributed by atoms with Gasteiger partial charge in [-0.15, -0.1) is 0 Å². The Morgan fingerprint density at radius 2 is 2.04 bits per heavy atom. The minimum absolute atomic E-state index is 0.00858. The van der Waals surface area contributed by atoms with Crippen LogP contribution in [0.15, 0.2) is 53.0 Å². The Labute approximate surface area is 156 Å². The van der Waals surface area contributed by atoms with Gasteiger partial charge < -0.3 is 10.2 Å². The van der Waals surface area contributed by atoms with Crippen molar-refractivity contribution in [3.05, 3.63) is 64.1 Å². The summed E-state index contributed by atoms with van der Waals surface area (Å²) in [5.74, 6) is -0.349. The molecule has 0 aromatic heterocycles. The number of carbonyl (C=O) groups is 2. The zero-order chi connectivity index (χ0) is 17.8. The second-order valence-electron chi connectivity index (χ2n) is 6.39. The SMILES string of the molecule is Cc1cccc(CCNC(=O)C2CC(=O)N(c3ccccc3Br)C2)c1. The number of amides is 2. The van der Waals surface area contributed by atoms with Crippen molar-refractivity contribution in [2.24, 2.45) is 5.92 Å². The van der Waals surface area contributed by atoms with E-state index in [-0.39, 0.29) is 24.2 Å². The van der Waals surface area contributed by atoms with E-state index in [2.05, 4.69) is 46.4 Å². The molecular weight excluding hydrogens is 380 g/mol. The van der Waals surface area contributed by atoms with Crippen LogP contribution < -0.4 is 10.2 Å². The lowest BCUT2D eigenvalue weighted by Gasteiger charge is -2.18. The molecule has 1 atom stereocenters. The van der Waals surface area contributed by atoms with Crippen molar-refractivity contribution >= 4 is 33.4 Å². The number of nitrogens with zero attached hydrogens (tertiary/aromatic N) is 1. The molecule has 1 N–H and O–H groups in total. The van der Waals surface area contributed by atoms with Crippen molar-refractivity contribution in [3.63, 3.8) is 0 Å². The largest absolute Gasteiger partial charge is 0.355 e. The Kier molecular flexibility index (Phi) is 5.53. The van der Waals surface area contributed by atoms with E-state index in [0.717, 1.165) is 16.6 Å². The van der Waals surface area contributed by atoms with E-state index < -0.39 is 0 Å². The van der Waals surface area contributed by atoms with Crippen molar-refractivity contribution in [1.82, 2.24) is 5.32 Å². The quantitative estimate of drug-likeness (QED) is 0.834. The van der Waals surface area contributed by atoms with E-state index in [1.54, 1.807) is 4.90 Å². The van der Waals surface area contributed by atoms with Crippen molar-refractivity contribution in [2.75, 3.05) is 18.0 Å². The monoisotopic (exact) mass is 400 g/mol. The van der Waals surface area contributed by atoms with Gasteiger partial charge in [-0.3, -0.25) is 9.59 Å². The normalized spacial score (nSPS) is 17.0. The number of nitrogens with one attached hydrogen (secondary N) is 1. The maximum atomic E-state index is 12.4. The van der Waals surface area contributed by atoms with Gasteiger partial charge in [0, 0.05) is 24.0 Å². The average Bonchev–Trinajstić information content (AvgIpc) is 2.97. The topological polar surface area (TPSA) is 49.4 Å². The van der Waals surface area contributed by atoms with Crippen molar-refractivity contribution < 1.29 is 9.59 Å². The lowest BCUT2D eigenvalue weighted by Crippen LogP contribution is -2.34. The Balaban J connectivity index is 1.55. The highest BCUT2D eigenvalue weighted by molar-refractivity contribution is 9.10. The molecule has 2 aromatic carbocycles. The molecule has 1 saturated heterocycles. The second-order valence-corrected chi connectivity index (χ2v) is 7.24. The number of rotatable bonds is 5. The fraction of sp³-hybridized carbons (Fsp3) is 0.300. The summed E-state index contributed by atoms with van der Waals surface area (Å²) < 4.78 is 0.865.